The van der Waals surface area contributed by atoms with Crippen molar-refractivity contribution in [2.75, 3.05) is 9.80 Å². The number of anilines is 4. The van der Waals surface area contributed by atoms with Gasteiger partial charge in [-0.05, 0) is 120 Å². The smallest absolute Gasteiger partial charge is 0.0531 e. The fourth-order valence-electron chi connectivity index (χ4n) is 5.96. The van der Waals surface area contributed by atoms with E-state index in [2.05, 4.69) is 146 Å². The van der Waals surface area contributed by atoms with Crippen molar-refractivity contribution in [3.63, 3.8) is 0 Å². The van der Waals surface area contributed by atoms with Crippen molar-refractivity contribution in [2.45, 2.75) is 20.3 Å². The summed E-state index contributed by atoms with van der Waals surface area (Å²) in [7, 11) is 0. The van der Waals surface area contributed by atoms with Crippen LogP contribution in [-0.4, -0.2) is 0 Å². The Balaban J connectivity index is 1.73. The molecule has 5 rings (SSSR count). The van der Waals surface area contributed by atoms with Crippen LogP contribution in [0.4, 0.5) is 22.7 Å². The quantitative estimate of drug-likeness (QED) is 0.165. The Morgan fingerprint density at radius 3 is 1.64 bits per heavy atom. The van der Waals surface area contributed by atoms with E-state index in [-0.39, 0.29) is 0 Å². The number of fused-ring (bicyclic) bond motifs is 1. The Bertz CT molecular complexity index is 1990. The molecule has 0 atom stereocenters. The molecule has 0 saturated heterocycles. The molecule has 0 unspecified atom stereocenters. The van der Waals surface area contributed by atoms with Crippen molar-refractivity contribution >= 4 is 41.5 Å². The molecule has 0 amide bonds. The van der Waals surface area contributed by atoms with Gasteiger partial charge in [0.05, 0.1) is 5.69 Å². The topological polar surface area (TPSA) is 6.48 Å². The Kier molecular flexibility index (Phi) is 10.7. The first-order valence-corrected chi connectivity index (χ1v) is 15.9. The molecule has 232 valence electrons. The zero-order chi connectivity index (χ0) is 33.2. The molecule has 0 aliphatic heterocycles. The van der Waals surface area contributed by atoms with Gasteiger partial charge in [0.25, 0.3) is 0 Å². The van der Waals surface area contributed by atoms with Crippen LogP contribution in [0, 0.1) is 0 Å². The monoisotopic (exact) mass is 610 g/mol. The van der Waals surface area contributed by atoms with E-state index in [0.717, 1.165) is 56.6 Å². The lowest BCUT2D eigenvalue weighted by atomic mass is 10.0. The maximum absolute atomic E-state index is 4.54. The second-order valence-corrected chi connectivity index (χ2v) is 11.3. The van der Waals surface area contributed by atoms with Gasteiger partial charge in [-0.1, -0.05) is 117 Å². The van der Waals surface area contributed by atoms with Gasteiger partial charge in [-0.25, -0.2) is 0 Å². The van der Waals surface area contributed by atoms with Gasteiger partial charge >= 0.3 is 0 Å². The molecule has 4 aromatic carbocycles. The minimum Gasteiger partial charge on any atom is -0.311 e. The molecule has 0 fully saturated rings. The van der Waals surface area contributed by atoms with Crippen molar-refractivity contribution in [3.05, 3.63) is 209 Å². The van der Waals surface area contributed by atoms with Crippen molar-refractivity contribution in [1.82, 2.24) is 0 Å². The third-order valence-corrected chi connectivity index (χ3v) is 8.23. The highest BCUT2D eigenvalue weighted by molar-refractivity contribution is 5.81. The molecule has 4 aromatic rings. The van der Waals surface area contributed by atoms with Gasteiger partial charge in [0.15, 0.2) is 0 Å². The summed E-state index contributed by atoms with van der Waals surface area (Å²) in [6, 6.07) is 41.7. The normalized spacial score (nSPS) is 12.8. The van der Waals surface area contributed by atoms with E-state index in [0.29, 0.717) is 0 Å². The highest BCUT2D eigenvalue weighted by atomic mass is 15.2. The van der Waals surface area contributed by atoms with E-state index >= 15 is 0 Å². The van der Waals surface area contributed by atoms with Gasteiger partial charge in [0, 0.05) is 28.5 Å². The standard InChI is InChI=1S/C45H42N2/c1-7-10-24-39(8-2)47(43-29-18-13-19-30-43)44-33-38-31-37(36(6)45(38)35(5)23-21-20-22-34(44)4)32-40(9-3)46(41-25-14-11-15-26-41)42-27-16-12-17-28-42/h7-30,32-33H,2-5,31H2,1,6H3/b10-7-,22-20?,23-21?,39-24+,40-32+,44-33?. The number of nitrogens with zero attached hydrogens (tertiary/aromatic N) is 2. The van der Waals surface area contributed by atoms with Crippen molar-refractivity contribution < 1.29 is 0 Å². The number of rotatable bonds is 10. The number of allylic oxidation sites excluding steroid dienone is 8. The molecule has 1 aliphatic rings. The first-order valence-electron chi connectivity index (χ1n) is 15.9. The Hall–Kier alpha value is -5.86. The van der Waals surface area contributed by atoms with Crippen LogP contribution >= 0.6 is 0 Å². The summed E-state index contributed by atoms with van der Waals surface area (Å²) in [5.41, 5.74) is 10.8. The molecule has 2 nitrogen and oxygen atoms in total. The van der Waals surface area contributed by atoms with Crippen LogP contribution < -0.4 is 20.2 Å². The minimum atomic E-state index is 0.730. The molecule has 0 saturated carbocycles. The van der Waals surface area contributed by atoms with Crippen molar-refractivity contribution in [2.24, 2.45) is 0 Å². The third kappa shape index (κ3) is 7.35. The third-order valence-electron chi connectivity index (χ3n) is 8.23. The molecule has 0 bridgehead atoms. The van der Waals surface area contributed by atoms with Crippen LogP contribution in [0.25, 0.3) is 18.7 Å². The van der Waals surface area contributed by atoms with Crippen molar-refractivity contribution in [3.8, 4) is 0 Å². The van der Waals surface area contributed by atoms with Gasteiger partial charge in [-0.15, -0.1) is 0 Å². The number of hydrogen-bond donors (Lipinski definition) is 0. The SMILES string of the molecule is C=C/C(=C\C1=C(C)c2c(cc(N(/C(C=C)=C/C=C\C)c3ccccc3)c(=C)ccccc2=C)C1)N(c1ccccc1)c1ccccc1. The number of para-hydroxylation sites is 3. The van der Waals surface area contributed by atoms with Gasteiger partial charge in [-0.2, -0.15) is 0 Å². The summed E-state index contributed by atoms with van der Waals surface area (Å²) in [5.74, 6) is 0. The summed E-state index contributed by atoms with van der Waals surface area (Å²) in [4.78, 5) is 4.48. The van der Waals surface area contributed by atoms with E-state index in [9.17, 15) is 0 Å². The van der Waals surface area contributed by atoms with E-state index in [1.54, 1.807) is 0 Å². The highest BCUT2D eigenvalue weighted by Crippen LogP contribution is 2.36. The molecular weight excluding hydrogens is 569 g/mol. The first-order chi connectivity index (χ1) is 23.0. The molecule has 0 spiro atoms. The molecule has 1 aliphatic carbocycles. The molecular formula is C45H42N2. The summed E-state index contributed by atoms with van der Waals surface area (Å²) in [5, 5.41) is 1.86. The lowest BCUT2D eigenvalue weighted by molar-refractivity contribution is 1.16. The van der Waals surface area contributed by atoms with Crippen molar-refractivity contribution in [1.29, 1.82) is 0 Å². The minimum absolute atomic E-state index is 0.730. The second kappa shape index (κ2) is 15.4. The van der Waals surface area contributed by atoms with E-state index in [4.69, 9.17) is 0 Å². The number of benzene rings is 3. The largest absolute Gasteiger partial charge is 0.311 e. The fourth-order valence-corrected chi connectivity index (χ4v) is 5.96. The van der Waals surface area contributed by atoms with E-state index < -0.39 is 0 Å². The van der Waals surface area contributed by atoms with E-state index in [1.165, 1.54) is 16.7 Å². The molecule has 47 heavy (non-hydrogen) atoms. The summed E-state index contributed by atoms with van der Waals surface area (Å²) in [6.07, 6.45) is 13.0. The summed E-state index contributed by atoms with van der Waals surface area (Å²) < 4.78 is 0. The Morgan fingerprint density at radius 2 is 1.13 bits per heavy atom. The van der Waals surface area contributed by atoms with Crippen LogP contribution in [0.3, 0.4) is 0 Å². The molecule has 0 radical (unpaired) electrons. The maximum Gasteiger partial charge on any atom is 0.0531 e. The molecule has 0 aromatic heterocycles. The van der Waals surface area contributed by atoms with Crippen LogP contribution in [0.2, 0.25) is 0 Å². The molecule has 0 N–H and O–H groups in total. The Labute approximate surface area is 280 Å². The van der Waals surface area contributed by atoms with Crippen LogP contribution in [-0.2, 0) is 6.42 Å². The maximum atomic E-state index is 4.54. The zero-order valence-electron chi connectivity index (χ0n) is 27.4. The first kappa shape index (κ1) is 32.5. The van der Waals surface area contributed by atoms with Gasteiger partial charge < -0.3 is 9.80 Å². The van der Waals surface area contributed by atoms with Gasteiger partial charge in [-0.3, -0.25) is 0 Å². The molecule has 2 heteroatoms. The predicted octanol–water partition coefficient (Wildman–Crippen LogP) is 10.7. The van der Waals surface area contributed by atoms with Gasteiger partial charge in [0.1, 0.15) is 0 Å². The highest BCUT2D eigenvalue weighted by Gasteiger charge is 2.21. The molecule has 0 heterocycles. The number of hydrogen-bond acceptors (Lipinski definition) is 2. The average Bonchev–Trinajstić information content (AvgIpc) is 3.42. The fraction of sp³-hybridized carbons (Fsp3) is 0.0667. The van der Waals surface area contributed by atoms with Crippen LogP contribution in [0.15, 0.2) is 188 Å². The summed E-state index contributed by atoms with van der Waals surface area (Å²) >= 11 is 0. The second-order valence-electron chi connectivity index (χ2n) is 11.3. The van der Waals surface area contributed by atoms with Crippen LogP contribution in [0.1, 0.15) is 25.0 Å². The average molecular weight is 611 g/mol. The summed E-state index contributed by atoms with van der Waals surface area (Å²) in [6.45, 7) is 21.7. The Morgan fingerprint density at radius 1 is 0.638 bits per heavy atom. The van der Waals surface area contributed by atoms with Gasteiger partial charge in [0.2, 0.25) is 0 Å². The lowest BCUT2D eigenvalue weighted by Gasteiger charge is -2.27. The lowest BCUT2D eigenvalue weighted by Crippen LogP contribution is -2.21. The van der Waals surface area contributed by atoms with E-state index in [1.807, 2.05) is 61.6 Å². The predicted molar refractivity (Wildman–Crippen MR) is 206 cm³/mol. The zero-order valence-corrected chi connectivity index (χ0v) is 27.4. The van der Waals surface area contributed by atoms with Crippen LogP contribution in [0.5, 0.6) is 0 Å².